The smallest absolute Gasteiger partial charge is 0.276 e. The van der Waals surface area contributed by atoms with Gasteiger partial charge in [0.05, 0.1) is 30.4 Å². The fourth-order valence-corrected chi connectivity index (χ4v) is 5.46. The van der Waals surface area contributed by atoms with Gasteiger partial charge in [0.25, 0.3) is 5.91 Å². The first-order valence-corrected chi connectivity index (χ1v) is 14.5. The van der Waals surface area contributed by atoms with Crippen molar-refractivity contribution < 1.29 is 23.7 Å². The first kappa shape index (κ1) is 30.8. The molecule has 1 aliphatic rings. The molecular formula is C30H29Cl3N2O5S. The van der Waals surface area contributed by atoms with Gasteiger partial charge in [-0.3, -0.25) is 9.69 Å². The standard InChI is InChI=1S/C30H29Cl3N2O5S/c1-4-38-26-9-6-18(14-27(26)39-5-2)10-11-35-29(36)24(34-30(35)41)13-19-7-8-25(37-3)20(12-19)17-40-28-22(32)15-21(31)16-23(28)33/h6-9,12-16H,4-5,10-11,17H2,1-3H3,(H,34,41)/b24-13+. The van der Waals surface area contributed by atoms with Crippen molar-refractivity contribution in [2.24, 2.45) is 0 Å². The van der Waals surface area contributed by atoms with Crippen molar-refractivity contribution in [2.45, 2.75) is 26.9 Å². The number of hydrogen-bond acceptors (Lipinski definition) is 6. The molecule has 0 aromatic heterocycles. The Morgan fingerprint density at radius 2 is 1.59 bits per heavy atom. The highest BCUT2D eigenvalue weighted by atomic mass is 35.5. The second kappa shape index (κ2) is 14.1. The summed E-state index contributed by atoms with van der Waals surface area (Å²) in [5, 5.41) is 4.39. The molecular weight excluding hydrogens is 607 g/mol. The zero-order chi connectivity index (χ0) is 29.5. The number of carbonyl (C=O) groups excluding carboxylic acids is 1. The minimum Gasteiger partial charge on any atom is -0.496 e. The highest BCUT2D eigenvalue weighted by Gasteiger charge is 2.30. The number of thiocarbonyl (C=S) groups is 1. The highest BCUT2D eigenvalue weighted by molar-refractivity contribution is 7.80. The van der Waals surface area contributed by atoms with Crippen LogP contribution in [-0.2, 0) is 17.8 Å². The Morgan fingerprint density at radius 3 is 2.27 bits per heavy atom. The van der Waals surface area contributed by atoms with Crippen molar-refractivity contribution in [2.75, 3.05) is 26.9 Å². The SMILES string of the molecule is CCOc1ccc(CCN2C(=O)/C(=C\c3ccc(OC)c(COc4c(Cl)cc(Cl)cc4Cl)c3)NC2=S)cc1OCC. The maximum Gasteiger partial charge on any atom is 0.276 e. The van der Waals surface area contributed by atoms with Crippen molar-refractivity contribution in [1.29, 1.82) is 0 Å². The molecule has 0 spiro atoms. The fraction of sp³-hybridized carbons (Fsp3) is 0.267. The van der Waals surface area contributed by atoms with Crippen molar-refractivity contribution in [3.05, 3.63) is 86.0 Å². The third-order valence-corrected chi connectivity index (χ3v) is 7.25. The number of halogens is 3. The summed E-state index contributed by atoms with van der Waals surface area (Å²) < 4.78 is 22.8. The summed E-state index contributed by atoms with van der Waals surface area (Å²) in [5.74, 6) is 2.09. The number of rotatable bonds is 12. The van der Waals surface area contributed by atoms with E-state index in [1.807, 2.05) is 44.2 Å². The van der Waals surface area contributed by atoms with E-state index in [0.717, 1.165) is 16.7 Å². The van der Waals surface area contributed by atoms with Gasteiger partial charge in [0, 0.05) is 17.1 Å². The van der Waals surface area contributed by atoms with E-state index in [2.05, 4.69) is 5.32 Å². The molecule has 3 aromatic rings. The summed E-state index contributed by atoms with van der Waals surface area (Å²) in [6.45, 7) is 5.45. The molecule has 0 unspecified atom stereocenters. The monoisotopic (exact) mass is 634 g/mol. The van der Waals surface area contributed by atoms with Crippen molar-refractivity contribution in [3.8, 4) is 23.0 Å². The summed E-state index contributed by atoms with van der Waals surface area (Å²) in [6.07, 6.45) is 2.33. The number of ether oxygens (including phenoxy) is 4. The summed E-state index contributed by atoms with van der Waals surface area (Å²) in [6, 6.07) is 14.4. The molecule has 3 aromatic carbocycles. The molecule has 0 radical (unpaired) electrons. The maximum absolute atomic E-state index is 13.2. The number of carbonyl (C=O) groups is 1. The molecule has 11 heteroatoms. The Kier molecular flexibility index (Phi) is 10.6. The van der Waals surface area contributed by atoms with Crippen LogP contribution >= 0.6 is 47.0 Å². The van der Waals surface area contributed by atoms with E-state index in [-0.39, 0.29) is 12.5 Å². The molecule has 1 aliphatic heterocycles. The van der Waals surface area contributed by atoms with Crippen LogP contribution in [0.3, 0.4) is 0 Å². The van der Waals surface area contributed by atoms with Crippen molar-refractivity contribution in [3.63, 3.8) is 0 Å². The molecule has 1 saturated heterocycles. The summed E-state index contributed by atoms with van der Waals surface area (Å²) in [5.41, 5.74) is 2.86. The number of hydrogen-bond donors (Lipinski definition) is 1. The Balaban J connectivity index is 1.47. The van der Waals surface area contributed by atoms with Gasteiger partial charge in [0.2, 0.25) is 0 Å². The maximum atomic E-state index is 13.2. The van der Waals surface area contributed by atoms with Gasteiger partial charge >= 0.3 is 0 Å². The number of amides is 1. The third kappa shape index (κ3) is 7.57. The predicted molar refractivity (Wildman–Crippen MR) is 167 cm³/mol. The van der Waals surface area contributed by atoms with Gasteiger partial charge in [-0.05, 0) is 86.1 Å². The van der Waals surface area contributed by atoms with E-state index < -0.39 is 0 Å². The number of benzene rings is 3. The van der Waals surface area contributed by atoms with E-state index >= 15 is 0 Å². The van der Waals surface area contributed by atoms with Crippen LogP contribution in [0.1, 0.15) is 30.5 Å². The summed E-state index contributed by atoms with van der Waals surface area (Å²) in [7, 11) is 1.57. The first-order chi connectivity index (χ1) is 19.7. The summed E-state index contributed by atoms with van der Waals surface area (Å²) >= 11 is 24.0. The van der Waals surface area contributed by atoms with Gasteiger partial charge in [-0.25, -0.2) is 0 Å². The van der Waals surface area contributed by atoms with Gasteiger partial charge in [-0.15, -0.1) is 0 Å². The predicted octanol–water partition coefficient (Wildman–Crippen LogP) is 7.33. The Bertz CT molecular complexity index is 1460. The van der Waals surface area contributed by atoms with E-state index in [0.29, 0.717) is 75.1 Å². The van der Waals surface area contributed by atoms with Crippen LogP contribution in [0, 0.1) is 0 Å². The molecule has 7 nitrogen and oxygen atoms in total. The van der Waals surface area contributed by atoms with E-state index in [1.54, 1.807) is 36.3 Å². The average Bonchev–Trinajstić information content (AvgIpc) is 3.20. The molecule has 1 heterocycles. The molecule has 0 aliphatic carbocycles. The highest BCUT2D eigenvalue weighted by Crippen LogP contribution is 2.37. The van der Waals surface area contributed by atoms with Crippen LogP contribution in [0.15, 0.2) is 54.2 Å². The van der Waals surface area contributed by atoms with E-state index in [1.165, 1.54) is 0 Å². The van der Waals surface area contributed by atoms with Crippen LogP contribution in [0.25, 0.3) is 6.08 Å². The fourth-order valence-electron chi connectivity index (χ4n) is 4.25. The largest absolute Gasteiger partial charge is 0.496 e. The molecule has 41 heavy (non-hydrogen) atoms. The second-order valence-corrected chi connectivity index (χ2v) is 10.5. The minimum atomic E-state index is -0.209. The lowest BCUT2D eigenvalue weighted by atomic mass is 10.1. The second-order valence-electron chi connectivity index (χ2n) is 8.90. The molecule has 0 atom stereocenters. The van der Waals surface area contributed by atoms with Crippen LogP contribution in [0.4, 0.5) is 0 Å². The van der Waals surface area contributed by atoms with Crippen LogP contribution in [0.5, 0.6) is 23.0 Å². The third-order valence-electron chi connectivity index (χ3n) is 6.14. The quantitative estimate of drug-likeness (QED) is 0.165. The topological polar surface area (TPSA) is 69.3 Å². The Morgan fingerprint density at radius 1 is 0.902 bits per heavy atom. The molecule has 0 saturated carbocycles. The molecule has 1 amide bonds. The van der Waals surface area contributed by atoms with Crippen LogP contribution in [0.2, 0.25) is 15.1 Å². The number of nitrogens with zero attached hydrogens (tertiary/aromatic N) is 1. The molecule has 1 fully saturated rings. The van der Waals surface area contributed by atoms with Crippen molar-refractivity contribution >= 4 is 64.1 Å². The molecule has 1 N–H and O–H groups in total. The Labute approximate surface area is 259 Å². The van der Waals surface area contributed by atoms with Gasteiger partial charge < -0.3 is 24.3 Å². The minimum absolute atomic E-state index is 0.124. The van der Waals surface area contributed by atoms with Crippen molar-refractivity contribution in [1.82, 2.24) is 10.2 Å². The van der Waals surface area contributed by atoms with Crippen LogP contribution in [-0.4, -0.2) is 42.8 Å². The summed E-state index contributed by atoms with van der Waals surface area (Å²) in [4.78, 5) is 14.8. The van der Waals surface area contributed by atoms with Gasteiger partial charge in [0.1, 0.15) is 18.1 Å². The zero-order valence-electron chi connectivity index (χ0n) is 22.8. The lowest BCUT2D eigenvalue weighted by Crippen LogP contribution is -2.32. The van der Waals surface area contributed by atoms with E-state index in [9.17, 15) is 4.79 Å². The Hall–Kier alpha value is -3.17. The molecule has 4 rings (SSSR count). The number of methoxy groups -OCH3 is 1. The van der Waals surface area contributed by atoms with Gasteiger partial charge in [-0.2, -0.15) is 0 Å². The first-order valence-electron chi connectivity index (χ1n) is 12.9. The number of nitrogens with one attached hydrogen (secondary N) is 1. The zero-order valence-corrected chi connectivity index (χ0v) is 25.8. The molecule has 216 valence electrons. The van der Waals surface area contributed by atoms with E-state index in [4.69, 9.17) is 66.0 Å². The van der Waals surface area contributed by atoms with Gasteiger partial charge in [-0.1, -0.05) is 46.9 Å². The normalized spacial score (nSPS) is 13.9. The lowest BCUT2D eigenvalue weighted by Gasteiger charge is -2.16. The average molecular weight is 636 g/mol. The lowest BCUT2D eigenvalue weighted by molar-refractivity contribution is -0.122. The van der Waals surface area contributed by atoms with Gasteiger partial charge in [0.15, 0.2) is 22.4 Å². The van der Waals surface area contributed by atoms with Crippen LogP contribution < -0.4 is 24.3 Å². The molecule has 0 bridgehead atoms.